The van der Waals surface area contributed by atoms with Crippen molar-refractivity contribution >= 4 is 28.1 Å². The third-order valence-corrected chi connectivity index (χ3v) is 5.43. The molecule has 0 atom stereocenters. The Morgan fingerprint density at radius 1 is 0.862 bits per heavy atom. The fourth-order valence-electron chi connectivity index (χ4n) is 3.47. The fourth-order valence-corrected chi connectivity index (χ4v) is 3.73. The number of ether oxygens (including phenoxy) is 1. The maximum absolute atomic E-state index is 6.50. The number of anilines is 1. The molecule has 0 fully saturated rings. The molecule has 2 nitrogen and oxygen atoms in total. The fraction of sp³-hybridized carbons (Fsp3) is 0.154. The minimum Gasteiger partial charge on any atom is -0.487 e. The van der Waals surface area contributed by atoms with Crippen LogP contribution < -0.4 is 10.1 Å². The average Bonchev–Trinajstić information content (AvgIpc) is 2.73. The van der Waals surface area contributed by atoms with E-state index in [0.29, 0.717) is 23.9 Å². The van der Waals surface area contributed by atoms with Crippen molar-refractivity contribution < 1.29 is 4.74 Å². The highest BCUT2D eigenvalue weighted by molar-refractivity contribution is 6.32. The summed E-state index contributed by atoms with van der Waals surface area (Å²) in [5.41, 5.74) is 5.90. The Hall–Kier alpha value is -2.97. The molecule has 29 heavy (non-hydrogen) atoms. The van der Waals surface area contributed by atoms with Crippen LogP contribution in [0.3, 0.4) is 0 Å². The molecule has 0 aliphatic carbocycles. The summed E-state index contributed by atoms with van der Waals surface area (Å²) in [6, 6.07) is 27.0. The molecule has 1 N–H and O–H groups in total. The Morgan fingerprint density at radius 3 is 2.55 bits per heavy atom. The van der Waals surface area contributed by atoms with Gasteiger partial charge in [0.15, 0.2) is 0 Å². The lowest BCUT2D eigenvalue weighted by molar-refractivity contribution is 0.308. The first-order chi connectivity index (χ1) is 14.1. The van der Waals surface area contributed by atoms with Crippen LogP contribution in [0, 0.1) is 13.8 Å². The summed E-state index contributed by atoms with van der Waals surface area (Å²) in [4.78, 5) is 0. The van der Waals surface area contributed by atoms with Crippen molar-refractivity contribution in [1.82, 2.24) is 0 Å². The van der Waals surface area contributed by atoms with E-state index in [0.717, 1.165) is 16.8 Å². The summed E-state index contributed by atoms with van der Waals surface area (Å²) in [7, 11) is 0. The summed E-state index contributed by atoms with van der Waals surface area (Å²) >= 11 is 6.50. The van der Waals surface area contributed by atoms with Crippen molar-refractivity contribution in [2.24, 2.45) is 0 Å². The van der Waals surface area contributed by atoms with E-state index >= 15 is 0 Å². The second-order valence-electron chi connectivity index (χ2n) is 7.36. The van der Waals surface area contributed by atoms with Gasteiger partial charge in [-0.3, -0.25) is 0 Å². The van der Waals surface area contributed by atoms with Crippen LogP contribution in [0.2, 0.25) is 5.02 Å². The number of benzene rings is 4. The highest BCUT2D eigenvalue weighted by Gasteiger charge is 2.07. The van der Waals surface area contributed by atoms with Crippen LogP contribution in [-0.4, -0.2) is 0 Å². The monoisotopic (exact) mass is 401 g/mol. The normalized spacial score (nSPS) is 10.9. The molecule has 0 bridgehead atoms. The standard InChI is InChI=1S/C26H24ClNO/c1-18-10-11-19(2)25(14-18)28-16-20-12-13-26(24(27)15-20)29-17-22-8-5-7-21-6-3-4-9-23(21)22/h3-15,28H,16-17H2,1-2H3. The quantitative estimate of drug-likeness (QED) is 0.366. The van der Waals surface area contributed by atoms with Gasteiger partial charge in [-0.15, -0.1) is 0 Å². The van der Waals surface area contributed by atoms with Gasteiger partial charge in [-0.2, -0.15) is 0 Å². The molecule has 0 aliphatic rings. The Labute approximate surface area is 177 Å². The van der Waals surface area contributed by atoms with Crippen molar-refractivity contribution in [2.75, 3.05) is 5.32 Å². The molecule has 4 aromatic carbocycles. The lowest BCUT2D eigenvalue weighted by atomic mass is 10.1. The molecule has 3 heteroatoms. The van der Waals surface area contributed by atoms with Crippen LogP contribution >= 0.6 is 11.6 Å². The van der Waals surface area contributed by atoms with E-state index < -0.39 is 0 Å². The van der Waals surface area contributed by atoms with Crippen LogP contribution in [-0.2, 0) is 13.2 Å². The first-order valence-electron chi connectivity index (χ1n) is 9.79. The summed E-state index contributed by atoms with van der Waals surface area (Å²) in [5.74, 6) is 0.704. The maximum Gasteiger partial charge on any atom is 0.138 e. The van der Waals surface area contributed by atoms with E-state index in [4.69, 9.17) is 16.3 Å². The SMILES string of the molecule is Cc1ccc(C)c(NCc2ccc(OCc3cccc4ccccc34)c(Cl)c2)c1. The van der Waals surface area contributed by atoms with Crippen molar-refractivity contribution in [3.05, 3.63) is 106 Å². The van der Waals surface area contributed by atoms with Gasteiger partial charge in [-0.25, -0.2) is 0 Å². The second kappa shape index (κ2) is 8.59. The Bertz CT molecular complexity index is 1150. The summed E-state index contributed by atoms with van der Waals surface area (Å²) < 4.78 is 6.03. The molecule has 0 aromatic heterocycles. The van der Waals surface area contributed by atoms with Crippen LogP contribution in [0.4, 0.5) is 5.69 Å². The first-order valence-corrected chi connectivity index (χ1v) is 10.2. The van der Waals surface area contributed by atoms with Gasteiger partial charge in [0.25, 0.3) is 0 Å². The van der Waals surface area contributed by atoms with Crippen LogP contribution in [0.1, 0.15) is 22.3 Å². The summed E-state index contributed by atoms with van der Waals surface area (Å²) in [6.07, 6.45) is 0. The zero-order chi connectivity index (χ0) is 20.2. The van der Waals surface area contributed by atoms with Crippen LogP contribution in [0.25, 0.3) is 10.8 Å². The minimum absolute atomic E-state index is 0.487. The van der Waals surface area contributed by atoms with E-state index in [1.165, 1.54) is 21.9 Å². The molecule has 4 rings (SSSR count). The average molecular weight is 402 g/mol. The Kier molecular flexibility index (Phi) is 5.73. The largest absolute Gasteiger partial charge is 0.487 e. The molecule has 0 aliphatic heterocycles. The van der Waals surface area contributed by atoms with E-state index in [1.54, 1.807) is 0 Å². The van der Waals surface area contributed by atoms with Gasteiger partial charge in [0.05, 0.1) is 5.02 Å². The number of hydrogen-bond donors (Lipinski definition) is 1. The predicted molar refractivity (Wildman–Crippen MR) is 123 cm³/mol. The number of halogens is 1. The lowest BCUT2D eigenvalue weighted by Crippen LogP contribution is -2.02. The topological polar surface area (TPSA) is 21.3 Å². The number of fused-ring (bicyclic) bond motifs is 1. The Balaban J connectivity index is 1.44. The molecule has 4 aromatic rings. The van der Waals surface area contributed by atoms with Gasteiger partial charge in [0.1, 0.15) is 12.4 Å². The molecule has 146 valence electrons. The summed E-state index contributed by atoms with van der Waals surface area (Å²) in [6.45, 7) is 5.41. The molecule has 0 spiro atoms. The number of aryl methyl sites for hydroxylation is 2. The minimum atomic E-state index is 0.487. The molecule has 0 heterocycles. The van der Waals surface area contributed by atoms with Crippen molar-refractivity contribution in [1.29, 1.82) is 0 Å². The van der Waals surface area contributed by atoms with E-state index in [-0.39, 0.29) is 0 Å². The molecule has 0 saturated carbocycles. The molecular weight excluding hydrogens is 378 g/mol. The van der Waals surface area contributed by atoms with E-state index in [2.05, 4.69) is 85.9 Å². The van der Waals surface area contributed by atoms with Gasteiger partial charge in [-0.1, -0.05) is 72.3 Å². The number of rotatable bonds is 6. The van der Waals surface area contributed by atoms with Gasteiger partial charge in [-0.05, 0) is 65.1 Å². The highest BCUT2D eigenvalue weighted by Crippen LogP contribution is 2.28. The highest BCUT2D eigenvalue weighted by atomic mass is 35.5. The molecule has 0 saturated heterocycles. The van der Waals surface area contributed by atoms with E-state index in [1.807, 2.05) is 12.1 Å². The molecular formula is C26H24ClNO. The second-order valence-corrected chi connectivity index (χ2v) is 7.77. The first kappa shape index (κ1) is 19.4. The van der Waals surface area contributed by atoms with E-state index in [9.17, 15) is 0 Å². The smallest absolute Gasteiger partial charge is 0.138 e. The molecule has 0 radical (unpaired) electrons. The van der Waals surface area contributed by atoms with Crippen molar-refractivity contribution in [3.8, 4) is 5.75 Å². The van der Waals surface area contributed by atoms with Crippen molar-refractivity contribution in [3.63, 3.8) is 0 Å². The number of hydrogen-bond acceptors (Lipinski definition) is 2. The zero-order valence-electron chi connectivity index (χ0n) is 16.7. The lowest BCUT2D eigenvalue weighted by Gasteiger charge is -2.13. The Morgan fingerprint density at radius 2 is 1.69 bits per heavy atom. The van der Waals surface area contributed by atoms with Gasteiger partial charge < -0.3 is 10.1 Å². The maximum atomic E-state index is 6.50. The van der Waals surface area contributed by atoms with Gasteiger partial charge in [0, 0.05) is 12.2 Å². The third-order valence-electron chi connectivity index (χ3n) is 5.14. The third kappa shape index (κ3) is 4.55. The number of nitrogens with one attached hydrogen (secondary N) is 1. The van der Waals surface area contributed by atoms with Crippen molar-refractivity contribution in [2.45, 2.75) is 27.0 Å². The van der Waals surface area contributed by atoms with Crippen LogP contribution in [0.5, 0.6) is 5.75 Å². The van der Waals surface area contributed by atoms with Gasteiger partial charge >= 0.3 is 0 Å². The zero-order valence-corrected chi connectivity index (χ0v) is 17.5. The predicted octanol–water partition coefficient (Wildman–Crippen LogP) is 7.30. The summed E-state index contributed by atoms with van der Waals surface area (Å²) in [5, 5.41) is 6.55. The van der Waals surface area contributed by atoms with Gasteiger partial charge in [0.2, 0.25) is 0 Å². The molecule has 0 unspecified atom stereocenters. The van der Waals surface area contributed by atoms with Crippen LogP contribution in [0.15, 0.2) is 78.9 Å². The molecule has 0 amide bonds.